The predicted molar refractivity (Wildman–Crippen MR) is 71.6 cm³/mol. The highest BCUT2D eigenvalue weighted by Crippen LogP contribution is 2.33. The maximum absolute atomic E-state index is 10.8. The van der Waals surface area contributed by atoms with Gasteiger partial charge in [-0.15, -0.1) is 11.3 Å². The molecule has 2 nitrogen and oxygen atoms in total. The molecule has 0 aromatic carbocycles. The molecule has 2 rings (SSSR count). The van der Waals surface area contributed by atoms with E-state index in [9.17, 15) is 5.11 Å². The van der Waals surface area contributed by atoms with Gasteiger partial charge in [-0.25, -0.2) is 0 Å². The number of aryl methyl sites for hydroxylation is 1. The zero-order valence-electron chi connectivity index (χ0n) is 10.7. The molecular formula is C14H22O2S. The third kappa shape index (κ3) is 2.90. The number of rotatable bonds is 5. The number of thiophene rings is 1. The predicted octanol–water partition coefficient (Wildman–Crippen LogP) is 3.03. The molecule has 1 aliphatic rings. The minimum absolute atomic E-state index is 0.305. The van der Waals surface area contributed by atoms with Crippen molar-refractivity contribution < 1.29 is 9.84 Å². The first-order chi connectivity index (χ1) is 8.18. The molecule has 1 saturated heterocycles. The molecule has 1 fully saturated rings. The molecule has 1 aromatic heterocycles. The molecule has 0 aliphatic carbocycles. The van der Waals surface area contributed by atoms with Crippen LogP contribution in [0.15, 0.2) is 12.1 Å². The van der Waals surface area contributed by atoms with Crippen LogP contribution in [-0.4, -0.2) is 23.9 Å². The third-order valence-electron chi connectivity index (χ3n) is 3.85. The van der Waals surface area contributed by atoms with Gasteiger partial charge in [-0.2, -0.15) is 0 Å². The lowest BCUT2D eigenvalue weighted by Crippen LogP contribution is -2.39. The second kappa shape index (κ2) is 5.51. The maximum atomic E-state index is 10.8. The van der Waals surface area contributed by atoms with Crippen molar-refractivity contribution >= 4 is 11.3 Å². The van der Waals surface area contributed by atoms with E-state index in [0.29, 0.717) is 5.92 Å². The Bertz CT molecular complexity index is 355. The molecule has 0 radical (unpaired) electrons. The molecule has 96 valence electrons. The fourth-order valence-electron chi connectivity index (χ4n) is 2.53. The van der Waals surface area contributed by atoms with E-state index in [4.69, 9.17) is 4.74 Å². The lowest BCUT2D eigenvalue weighted by Gasteiger charge is -2.31. The fourth-order valence-corrected chi connectivity index (χ4v) is 3.60. The average molecular weight is 254 g/mol. The first-order valence-electron chi connectivity index (χ1n) is 6.55. The zero-order valence-corrected chi connectivity index (χ0v) is 11.6. The van der Waals surface area contributed by atoms with Crippen molar-refractivity contribution in [3.8, 4) is 0 Å². The van der Waals surface area contributed by atoms with Crippen LogP contribution in [0, 0.1) is 5.92 Å². The van der Waals surface area contributed by atoms with Crippen molar-refractivity contribution in [3.05, 3.63) is 21.9 Å². The number of ether oxygens (including phenoxy) is 1. The molecule has 1 N–H and O–H groups in total. The Labute approximate surface area is 108 Å². The Morgan fingerprint density at radius 2 is 2.18 bits per heavy atom. The highest BCUT2D eigenvalue weighted by molar-refractivity contribution is 7.12. The van der Waals surface area contributed by atoms with Crippen LogP contribution in [0.5, 0.6) is 0 Å². The minimum Gasteiger partial charge on any atom is -0.389 e. The van der Waals surface area contributed by atoms with E-state index in [1.165, 1.54) is 9.75 Å². The van der Waals surface area contributed by atoms with Gasteiger partial charge in [0.15, 0.2) is 0 Å². The summed E-state index contributed by atoms with van der Waals surface area (Å²) in [6.45, 7) is 5.77. The molecule has 17 heavy (non-hydrogen) atoms. The topological polar surface area (TPSA) is 29.5 Å². The minimum atomic E-state index is -0.577. The van der Waals surface area contributed by atoms with Gasteiger partial charge >= 0.3 is 0 Å². The van der Waals surface area contributed by atoms with Crippen molar-refractivity contribution in [1.82, 2.24) is 0 Å². The van der Waals surface area contributed by atoms with Crippen LogP contribution in [0.3, 0.4) is 0 Å². The number of hydrogen-bond acceptors (Lipinski definition) is 3. The summed E-state index contributed by atoms with van der Waals surface area (Å²) in [7, 11) is 0. The molecule has 2 heterocycles. The highest BCUT2D eigenvalue weighted by atomic mass is 32.1. The molecule has 1 aromatic rings. The van der Waals surface area contributed by atoms with Crippen molar-refractivity contribution in [2.75, 3.05) is 13.2 Å². The van der Waals surface area contributed by atoms with Crippen molar-refractivity contribution in [1.29, 1.82) is 0 Å². The molecule has 3 heteroatoms. The van der Waals surface area contributed by atoms with Crippen LogP contribution in [0.4, 0.5) is 0 Å². The van der Waals surface area contributed by atoms with E-state index in [-0.39, 0.29) is 0 Å². The Morgan fingerprint density at radius 3 is 2.71 bits per heavy atom. The summed E-state index contributed by atoms with van der Waals surface area (Å²) in [4.78, 5) is 2.71. The van der Waals surface area contributed by atoms with Crippen LogP contribution in [0.1, 0.15) is 36.4 Å². The fraction of sp³-hybridized carbons (Fsp3) is 0.714. The Kier molecular flexibility index (Phi) is 4.23. The van der Waals surface area contributed by atoms with E-state index >= 15 is 0 Å². The number of aliphatic hydroxyl groups is 1. The molecule has 2 atom stereocenters. The monoisotopic (exact) mass is 254 g/mol. The summed E-state index contributed by atoms with van der Waals surface area (Å²) >= 11 is 1.83. The maximum Gasteiger partial charge on any atom is 0.0744 e. The second-order valence-electron chi connectivity index (χ2n) is 4.92. The normalized spacial score (nSPS) is 23.8. The summed E-state index contributed by atoms with van der Waals surface area (Å²) in [5, 5.41) is 10.8. The van der Waals surface area contributed by atoms with Crippen LogP contribution >= 0.6 is 11.3 Å². The van der Waals surface area contributed by atoms with Crippen molar-refractivity contribution in [2.24, 2.45) is 5.92 Å². The highest BCUT2D eigenvalue weighted by Gasteiger charge is 2.37. The average Bonchev–Trinajstić information content (AvgIpc) is 2.99. The van der Waals surface area contributed by atoms with E-state index < -0.39 is 5.60 Å². The molecule has 0 saturated carbocycles. The molecular weight excluding hydrogens is 232 g/mol. The Balaban J connectivity index is 2.07. The summed E-state index contributed by atoms with van der Waals surface area (Å²) in [6, 6.07) is 4.35. The van der Waals surface area contributed by atoms with Gasteiger partial charge in [0, 0.05) is 28.7 Å². The standard InChI is InChI=1S/C14H22O2S/c1-3-12-5-6-13(17-12)9-14(15,4-2)11-7-8-16-10-11/h5-6,11,15H,3-4,7-10H2,1-2H3. The first kappa shape index (κ1) is 13.1. The first-order valence-corrected chi connectivity index (χ1v) is 7.37. The molecule has 0 amide bonds. The summed E-state index contributed by atoms with van der Waals surface area (Å²) in [5.41, 5.74) is -0.577. The van der Waals surface area contributed by atoms with Crippen LogP contribution < -0.4 is 0 Å². The van der Waals surface area contributed by atoms with E-state index in [1.807, 2.05) is 11.3 Å². The lowest BCUT2D eigenvalue weighted by atomic mass is 9.81. The van der Waals surface area contributed by atoms with Gasteiger partial charge in [-0.3, -0.25) is 0 Å². The van der Waals surface area contributed by atoms with Gasteiger partial charge in [0.25, 0.3) is 0 Å². The van der Waals surface area contributed by atoms with Crippen molar-refractivity contribution in [2.45, 2.75) is 45.1 Å². The van der Waals surface area contributed by atoms with Crippen LogP contribution in [0.25, 0.3) is 0 Å². The van der Waals surface area contributed by atoms with Gasteiger partial charge in [0.05, 0.1) is 12.2 Å². The quantitative estimate of drug-likeness (QED) is 0.875. The smallest absolute Gasteiger partial charge is 0.0744 e. The van der Waals surface area contributed by atoms with Crippen molar-refractivity contribution in [3.63, 3.8) is 0 Å². The largest absolute Gasteiger partial charge is 0.389 e. The van der Waals surface area contributed by atoms with Gasteiger partial charge in [0.1, 0.15) is 0 Å². The molecule has 0 bridgehead atoms. The molecule has 1 aliphatic heterocycles. The molecule has 2 unspecified atom stereocenters. The van der Waals surface area contributed by atoms with Crippen LogP contribution in [-0.2, 0) is 17.6 Å². The summed E-state index contributed by atoms with van der Waals surface area (Å²) in [6.07, 6.45) is 3.67. The number of hydrogen-bond donors (Lipinski definition) is 1. The molecule has 0 spiro atoms. The Morgan fingerprint density at radius 1 is 1.41 bits per heavy atom. The summed E-state index contributed by atoms with van der Waals surface area (Å²) in [5.74, 6) is 0.305. The van der Waals surface area contributed by atoms with Crippen LogP contribution in [0.2, 0.25) is 0 Å². The van der Waals surface area contributed by atoms with Gasteiger partial charge in [0.2, 0.25) is 0 Å². The van der Waals surface area contributed by atoms with E-state index in [0.717, 1.165) is 38.9 Å². The summed E-state index contributed by atoms with van der Waals surface area (Å²) < 4.78 is 5.41. The van der Waals surface area contributed by atoms with Gasteiger partial charge < -0.3 is 9.84 Å². The second-order valence-corrected chi connectivity index (χ2v) is 6.17. The zero-order chi connectivity index (χ0) is 12.3. The van der Waals surface area contributed by atoms with E-state index in [2.05, 4.69) is 26.0 Å². The van der Waals surface area contributed by atoms with E-state index in [1.54, 1.807) is 0 Å². The van der Waals surface area contributed by atoms with Gasteiger partial charge in [-0.05, 0) is 31.4 Å². The lowest BCUT2D eigenvalue weighted by molar-refractivity contribution is -0.0242. The SMILES string of the molecule is CCc1ccc(CC(O)(CC)C2CCOC2)s1. The Hall–Kier alpha value is -0.380. The van der Waals surface area contributed by atoms with Gasteiger partial charge in [-0.1, -0.05) is 13.8 Å². The third-order valence-corrected chi connectivity index (χ3v) is 5.08.